The van der Waals surface area contributed by atoms with Gasteiger partial charge in [0, 0.05) is 38.6 Å². The lowest BCUT2D eigenvalue weighted by atomic mass is 9.88. The zero-order valence-corrected chi connectivity index (χ0v) is 18.6. The molecule has 3 rings (SSSR count). The molecule has 2 aliphatic rings. The van der Waals surface area contributed by atoms with Crippen molar-refractivity contribution in [2.24, 2.45) is 10.9 Å². The molecule has 1 saturated carbocycles. The van der Waals surface area contributed by atoms with E-state index < -0.39 is 0 Å². The van der Waals surface area contributed by atoms with Crippen molar-refractivity contribution in [1.29, 1.82) is 0 Å². The van der Waals surface area contributed by atoms with Crippen LogP contribution in [0, 0.1) is 5.92 Å². The number of benzene rings is 1. The molecule has 0 radical (unpaired) electrons. The van der Waals surface area contributed by atoms with Gasteiger partial charge in [-0.3, -0.25) is 9.79 Å². The van der Waals surface area contributed by atoms with Gasteiger partial charge in [-0.15, -0.1) is 0 Å². The Kier molecular flexibility index (Phi) is 8.22. The molecule has 0 spiro atoms. The molecule has 1 atom stereocenters. The number of methoxy groups -OCH3 is 1. The highest BCUT2D eigenvalue weighted by Crippen LogP contribution is 2.28. The Morgan fingerprint density at radius 2 is 2.00 bits per heavy atom. The zero-order valence-electron chi connectivity index (χ0n) is 18.6. The normalized spacial score (nSPS) is 20.2. The van der Waals surface area contributed by atoms with Crippen molar-refractivity contribution in [3.63, 3.8) is 0 Å². The Labute approximate surface area is 180 Å². The van der Waals surface area contributed by atoms with E-state index in [1.165, 1.54) is 19.3 Å². The number of nitrogens with one attached hydrogen (secondary N) is 2. The number of carbonyl (C=O) groups excluding carboxylic acids is 1. The predicted octanol–water partition coefficient (Wildman–Crippen LogP) is 2.94. The molecule has 1 aromatic rings. The van der Waals surface area contributed by atoms with Crippen LogP contribution in [0.2, 0.25) is 0 Å². The van der Waals surface area contributed by atoms with Crippen molar-refractivity contribution < 1.29 is 14.3 Å². The minimum absolute atomic E-state index is 0.235. The van der Waals surface area contributed by atoms with E-state index in [4.69, 9.17) is 9.47 Å². The molecule has 1 aliphatic heterocycles. The van der Waals surface area contributed by atoms with Crippen molar-refractivity contribution in [3.05, 3.63) is 23.8 Å². The maximum atomic E-state index is 12.8. The number of nitrogens with zero attached hydrogens (tertiary/aromatic N) is 2. The summed E-state index contributed by atoms with van der Waals surface area (Å²) < 4.78 is 11.0. The van der Waals surface area contributed by atoms with Gasteiger partial charge in [-0.2, -0.15) is 0 Å². The van der Waals surface area contributed by atoms with E-state index in [1.807, 2.05) is 30.0 Å². The average molecular weight is 417 g/mol. The van der Waals surface area contributed by atoms with Crippen LogP contribution < -0.4 is 20.1 Å². The van der Waals surface area contributed by atoms with E-state index in [2.05, 4.69) is 15.6 Å². The number of ether oxygens (including phenoxy) is 2. The predicted molar refractivity (Wildman–Crippen MR) is 119 cm³/mol. The van der Waals surface area contributed by atoms with Gasteiger partial charge in [-0.25, -0.2) is 0 Å². The van der Waals surface area contributed by atoms with Gasteiger partial charge in [-0.1, -0.05) is 25.3 Å². The molecule has 30 heavy (non-hydrogen) atoms. The van der Waals surface area contributed by atoms with Crippen molar-refractivity contribution in [2.45, 2.75) is 58.0 Å². The Morgan fingerprint density at radius 1 is 1.20 bits per heavy atom. The number of rotatable bonds is 7. The monoisotopic (exact) mass is 416 g/mol. The third-order valence-electron chi connectivity index (χ3n) is 6.01. The fourth-order valence-electron chi connectivity index (χ4n) is 4.36. The van der Waals surface area contributed by atoms with Gasteiger partial charge in [0.15, 0.2) is 17.5 Å². The number of carbonyl (C=O) groups is 1. The molecule has 1 aliphatic carbocycles. The Morgan fingerprint density at radius 3 is 2.70 bits per heavy atom. The summed E-state index contributed by atoms with van der Waals surface area (Å²) >= 11 is 0. The van der Waals surface area contributed by atoms with Crippen LogP contribution in [0.4, 0.5) is 0 Å². The molecular weight excluding hydrogens is 380 g/mol. The molecule has 166 valence electrons. The second-order valence-corrected chi connectivity index (χ2v) is 8.09. The maximum absolute atomic E-state index is 12.8. The minimum atomic E-state index is 0.235. The first-order valence-corrected chi connectivity index (χ1v) is 11.2. The second-order valence-electron chi connectivity index (χ2n) is 8.09. The number of guanidine groups is 1. The lowest BCUT2D eigenvalue weighted by Crippen LogP contribution is -2.45. The first kappa shape index (κ1) is 22.2. The van der Waals surface area contributed by atoms with E-state index >= 15 is 0 Å². The zero-order chi connectivity index (χ0) is 21.3. The number of hydrogen-bond donors (Lipinski definition) is 2. The molecule has 2 N–H and O–H groups in total. The van der Waals surface area contributed by atoms with E-state index in [9.17, 15) is 4.79 Å². The van der Waals surface area contributed by atoms with Crippen molar-refractivity contribution in [2.75, 3.05) is 33.9 Å². The van der Waals surface area contributed by atoms with Crippen molar-refractivity contribution in [3.8, 4) is 11.5 Å². The number of aliphatic imine (C=N–C) groups is 1. The van der Waals surface area contributed by atoms with Crippen LogP contribution in [0.25, 0.3) is 0 Å². The Hall–Kier alpha value is -2.44. The number of likely N-dealkylation sites (tertiary alicyclic amines) is 1. The molecule has 1 unspecified atom stereocenters. The molecule has 7 heteroatoms. The van der Waals surface area contributed by atoms with Gasteiger partial charge in [0.2, 0.25) is 5.91 Å². The molecular formula is C23H36N4O3. The smallest absolute Gasteiger partial charge is 0.225 e. The highest BCUT2D eigenvalue weighted by molar-refractivity contribution is 5.81. The minimum Gasteiger partial charge on any atom is -0.493 e. The van der Waals surface area contributed by atoms with Crippen LogP contribution in [0.15, 0.2) is 23.2 Å². The second kappa shape index (κ2) is 11.1. The van der Waals surface area contributed by atoms with Crippen LogP contribution in [0.3, 0.4) is 0 Å². The lowest BCUT2D eigenvalue weighted by Gasteiger charge is -2.26. The average Bonchev–Trinajstić information content (AvgIpc) is 3.25. The van der Waals surface area contributed by atoms with Gasteiger partial charge >= 0.3 is 0 Å². The molecule has 7 nitrogen and oxygen atoms in total. The number of hydrogen-bond acceptors (Lipinski definition) is 4. The highest BCUT2D eigenvalue weighted by atomic mass is 16.5. The SMILES string of the molecule is CCOc1cc(CNC(=NC)NC2CCN(C(=O)C3CCCCC3)C2)ccc1OC. The van der Waals surface area contributed by atoms with Gasteiger partial charge < -0.3 is 25.0 Å². The summed E-state index contributed by atoms with van der Waals surface area (Å²) in [5, 5.41) is 6.84. The van der Waals surface area contributed by atoms with E-state index in [0.29, 0.717) is 19.1 Å². The summed E-state index contributed by atoms with van der Waals surface area (Å²) in [6.45, 7) is 4.77. The largest absolute Gasteiger partial charge is 0.493 e. The van der Waals surface area contributed by atoms with Crippen LogP contribution in [-0.4, -0.2) is 56.7 Å². The highest BCUT2D eigenvalue weighted by Gasteiger charge is 2.31. The molecule has 2 fully saturated rings. The molecule has 1 saturated heterocycles. The molecule has 0 aromatic heterocycles. The van der Waals surface area contributed by atoms with E-state index in [1.54, 1.807) is 14.2 Å². The number of amides is 1. The standard InChI is InChI=1S/C23H36N4O3/c1-4-30-21-14-17(10-11-20(21)29-3)15-25-23(24-2)26-19-12-13-27(16-19)22(28)18-8-6-5-7-9-18/h10-11,14,18-19H,4-9,12-13,15-16H2,1-3H3,(H2,24,25,26). The van der Waals surface area contributed by atoms with Gasteiger partial charge in [0.1, 0.15) is 0 Å². The topological polar surface area (TPSA) is 75.2 Å². The summed E-state index contributed by atoms with van der Waals surface area (Å²) in [6, 6.07) is 6.16. The first-order valence-electron chi connectivity index (χ1n) is 11.2. The summed E-state index contributed by atoms with van der Waals surface area (Å²) in [7, 11) is 3.42. The summed E-state index contributed by atoms with van der Waals surface area (Å²) in [4.78, 5) is 19.2. The summed E-state index contributed by atoms with van der Waals surface area (Å²) in [5.41, 5.74) is 1.09. The first-order chi connectivity index (χ1) is 14.6. The molecule has 1 amide bonds. The van der Waals surface area contributed by atoms with Gasteiger partial charge in [0.05, 0.1) is 13.7 Å². The van der Waals surface area contributed by atoms with Crippen LogP contribution in [-0.2, 0) is 11.3 Å². The third kappa shape index (κ3) is 5.80. The molecule has 1 aromatic carbocycles. The quantitative estimate of drug-likeness (QED) is 0.528. The molecule has 0 bridgehead atoms. The fraction of sp³-hybridized carbons (Fsp3) is 0.652. The molecule has 1 heterocycles. The van der Waals surface area contributed by atoms with Gasteiger partial charge in [-0.05, 0) is 43.9 Å². The van der Waals surface area contributed by atoms with E-state index in [-0.39, 0.29) is 12.0 Å². The lowest BCUT2D eigenvalue weighted by molar-refractivity contribution is -0.135. The summed E-state index contributed by atoms with van der Waals surface area (Å²) in [6.07, 6.45) is 6.73. The Balaban J connectivity index is 1.49. The Bertz CT molecular complexity index is 731. The fourth-order valence-corrected chi connectivity index (χ4v) is 4.36. The van der Waals surface area contributed by atoms with Crippen molar-refractivity contribution in [1.82, 2.24) is 15.5 Å². The van der Waals surface area contributed by atoms with Crippen molar-refractivity contribution >= 4 is 11.9 Å². The van der Waals surface area contributed by atoms with Gasteiger partial charge in [0.25, 0.3) is 0 Å². The van der Waals surface area contributed by atoms with Crippen LogP contribution in [0.1, 0.15) is 51.0 Å². The third-order valence-corrected chi connectivity index (χ3v) is 6.01. The van der Waals surface area contributed by atoms with Crippen LogP contribution >= 0.6 is 0 Å². The maximum Gasteiger partial charge on any atom is 0.225 e. The summed E-state index contributed by atoms with van der Waals surface area (Å²) in [5.74, 6) is 2.82. The van der Waals surface area contributed by atoms with Crippen LogP contribution in [0.5, 0.6) is 11.5 Å². The van der Waals surface area contributed by atoms with E-state index in [0.717, 1.165) is 55.4 Å².